The maximum atomic E-state index is 12.1. The van der Waals surface area contributed by atoms with Gasteiger partial charge >= 0.3 is 12.0 Å². The second-order valence-corrected chi connectivity index (χ2v) is 6.32. The number of rotatable bonds is 4. The van der Waals surface area contributed by atoms with Gasteiger partial charge in [0.1, 0.15) is 5.76 Å². The van der Waals surface area contributed by atoms with Crippen LogP contribution in [0.4, 0.5) is 10.8 Å². The topological polar surface area (TPSA) is 70.4 Å². The van der Waals surface area contributed by atoms with Gasteiger partial charge in [0.25, 0.3) is 0 Å². The largest absolute Gasteiger partial charge is 0.428 e. The van der Waals surface area contributed by atoms with E-state index in [1.807, 2.05) is 19.9 Å². The first-order valence-corrected chi connectivity index (χ1v) is 8.38. The summed E-state index contributed by atoms with van der Waals surface area (Å²) in [6.45, 7) is 6.51. The van der Waals surface area contributed by atoms with Crippen LogP contribution in [0.25, 0.3) is 0 Å². The molecule has 2 N–H and O–H groups in total. The molecule has 1 aromatic heterocycles. The minimum absolute atomic E-state index is 0.139. The Morgan fingerprint density at radius 3 is 2.83 bits per heavy atom. The van der Waals surface area contributed by atoms with Crippen molar-refractivity contribution in [2.24, 2.45) is 0 Å². The van der Waals surface area contributed by atoms with Crippen LogP contribution in [0.5, 0.6) is 0 Å². The number of urea groups is 1. The molecule has 0 aliphatic carbocycles. The first-order chi connectivity index (χ1) is 11.6. The molecule has 2 aromatic rings. The summed E-state index contributed by atoms with van der Waals surface area (Å²) >= 11 is 0. The Bertz CT molecular complexity index is 664. The number of benzene rings is 1. The Morgan fingerprint density at radius 1 is 1.33 bits per heavy atom. The summed E-state index contributed by atoms with van der Waals surface area (Å²) in [5.41, 5.74) is 2.09. The number of carbonyl (C=O) groups is 1. The third kappa shape index (κ3) is 4.35. The predicted molar refractivity (Wildman–Crippen MR) is 92.9 cm³/mol. The summed E-state index contributed by atoms with van der Waals surface area (Å²) in [5.74, 6) is 0.719. The fourth-order valence-electron chi connectivity index (χ4n) is 3.00. The van der Waals surface area contributed by atoms with Crippen LogP contribution in [0.1, 0.15) is 29.9 Å². The lowest BCUT2D eigenvalue weighted by molar-refractivity contribution is 0.183. The van der Waals surface area contributed by atoms with E-state index in [1.54, 1.807) is 0 Å². The smallest absolute Gasteiger partial charge is 0.323 e. The molecule has 24 heavy (non-hydrogen) atoms. The average Bonchev–Trinajstić information content (AvgIpc) is 2.86. The van der Waals surface area contributed by atoms with Gasteiger partial charge in [-0.15, -0.1) is 0 Å². The Kier molecular flexibility index (Phi) is 5.15. The van der Waals surface area contributed by atoms with Gasteiger partial charge < -0.3 is 9.73 Å². The molecule has 1 aromatic carbocycles. The number of amides is 2. The van der Waals surface area contributed by atoms with Crippen LogP contribution in [0.2, 0.25) is 0 Å². The van der Waals surface area contributed by atoms with Crippen molar-refractivity contribution in [2.45, 2.75) is 39.3 Å². The number of carbonyl (C=O) groups excluding carboxylic acids is 1. The molecule has 0 unspecified atom stereocenters. The van der Waals surface area contributed by atoms with Gasteiger partial charge in [-0.05, 0) is 38.8 Å². The van der Waals surface area contributed by atoms with Gasteiger partial charge in [-0.2, -0.15) is 4.98 Å². The van der Waals surface area contributed by atoms with Crippen molar-refractivity contribution in [3.63, 3.8) is 0 Å². The molecule has 2 heterocycles. The van der Waals surface area contributed by atoms with Crippen molar-refractivity contribution in [3.8, 4) is 0 Å². The molecule has 1 atom stereocenters. The first kappa shape index (κ1) is 16.5. The van der Waals surface area contributed by atoms with E-state index >= 15 is 0 Å². The lowest BCUT2D eigenvalue weighted by Gasteiger charge is -2.33. The van der Waals surface area contributed by atoms with Crippen molar-refractivity contribution in [2.75, 3.05) is 18.4 Å². The fourth-order valence-corrected chi connectivity index (χ4v) is 3.00. The minimum atomic E-state index is -0.261. The summed E-state index contributed by atoms with van der Waals surface area (Å²) in [6.07, 6.45) is 2.07. The van der Waals surface area contributed by atoms with Crippen molar-refractivity contribution in [1.29, 1.82) is 0 Å². The van der Waals surface area contributed by atoms with Gasteiger partial charge in [-0.1, -0.05) is 30.3 Å². The van der Waals surface area contributed by atoms with Crippen molar-refractivity contribution in [3.05, 3.63) is 47.3 Å². The van der Waals surface area contributed by atoms with Gasteiger partial charge in [0.2, 0.25) is 0 Å². The van der Waals surface area contributed by atoms with Crippen molar-refractivity contribution in [1.82, 2.24) is 15.2 Å². The molecule has 0 saturated carbocycles. The molecule has 6 heteroatoms. The molecule has 0 bridgehead atoms. The normalized spacial score (nSPS) is 18.3. The van der Waals surface area contributed by atoms with Gasteiger partial charge in [0.05, 0.1) is 5.69 Å². The van der Waals surface area contributed by atoms with Crippen molar-refractivity contribution >= 4 is 12.0 Å². The number of aryl methyl sites for hydroxylation is 2. The summed E-state index contributed by atoms with van der Waals surface area (Å²) in [5, 5.41) is 5.69. The summed E-state index contributed by atoms with van der Waals surface area (Å²) in [7, 11) is 0. The molecule has 0 spiro atoms. The number of nitrogens with zero attached hydrogens (tertiary/aromatic N) is 2. The number of likely N-dealkylation sites (tertiary alicyclic amines) is 1. The standard InChI is InChI=1S/C18H24N4O2/c1-13-14(2)24-18(19-13)21-17(23)20-16-9-6-10-22(12-16)11-15-7-4-3-5-8-15/h3-5,7-8,16H,6,9-12H2,1-2H3,(H2,19,20,21,23)/t16-/m0/s1. The van der Waals surface area contributed by atoms with E-state index in [0.717, 1.165) is 43.9 Å². The molecule has 1 fully saturated rings. The van der Waals surface area contributed by atoms with Crippen LogP contribution in [-0.4, -0.2) is 35.0 Å². The second-order valence-electron chi connectivity index (χ2n) is 6.32. The number of oxazole rings is 1. The number of hydrogen-bond acceptors (Lipinski definition) is 4. The Hall–Kier alpha value is -2.34. The summed E-state index contributed by atoms with van der Waals surface area (Å²) < 4.78 is 5.38. The Balaban J connectivity index is 1.50. The van der Waals surface area contributed by atoms with E-state index in [0.29, 0.717) is 0 Å². The molecule has 6 nitrogen and oxygen atoms in total. The highest BCUT2D eigenvalue weighted by molar-refractivity contribution is 5.87. The third-order valence-electron chi connectivity index (χ3n) is 4.34. The third-order valence-corrected chi connectivity index (χ3v) is 4.34. The van der Waals surface area contributed by atoms with Crippen LogP contribution in [0.15, 0.2) is 34.7 Å². The molecular formula is C18H24N4O2. The SMILES string of the molecule is Cc1nc(NC(=O)N[C@H]2CCCN(Cc3ccccc3)C2)oc1C. The van der Waals surface area contributed by atoms with E-state index in [1.165, 1.54) is 5.56 Å². The fraction of sp³-hybridized carbons (Fsp3) is 0.444. The van der Waals surface area contributed by atoms with E-state index < -0.39 is 0 Å². The number of aromatic nitrogens is 1. The molecule has 1 saturated heterocycles. The molecule has 1 aliphatic heterocycles. The first-order valence-electron chi connectivity index (χ1n) is 8.38. The predicted octanol–water partition coefficient (Wildman–Crippen LogP) is 3.08. The number of hydrogen-bond donors (Lipinski definition) is 2. The lowest BCUT2D eigenvalue weighted by Crippen LogP contribution is -2.48. The highest BCUT2D eigenvalue weighted by Gasteiger charge is 2.22. The minimum Gasteiger partial charge on any atom is -0.428 e. The summed E-state index contributed by atoms with van der Waals surface area (Å²) in [4.78, 5) is 18.7. The lowest BCUT2D eigenvalue weighted by atomic mass is 10.0. The zero-order valence-electron chi connectivity index (χ0n) is 14.2. The molecule has 1 aliphatic rings. The van der Waals surface area contributed by atoms with Gasteiger partial charge in [0, 0.05) is 19.1 Å². The van der Waals surface area contributed by atoms with E-state index in [9.17, 15) is 4.79 Å². The highest BCUT2D eigenvalue weighted by atomic mass is 16.4. The monoisotopic (exact) mass is 328 g/mol. The van der Waals surface area contributed by atoms with Crippen LogP contribution in [-0.2, 0) is 6.54 Å². The van der Waals surface area contributed by atoms with Crippen LogP contribution in [0.3, 0.4) is 0 Å². The number of nitrogens with one attached hydrogen (secondary N) is 2. The van der Waals surface area contributed by atoms with E-state index in [4.69, 9.17) is 4.42 Å². The number of anilines is 1. The van der Waals surface area contributed by atoms with E-state index in [-0.39, 0.29) is 18.1 Å². The highest BCUT2D eigenvalue weighted by Crippen LogP contribution is 2.15. The van der Waals surface area contributed by atoms with E-state index in [2.05, 4.69) is 44.8 Å². The van der Waals surface area contributed by atoms with Crippen LogP contribution in [0, 0.1) is 13.8 Å². The maximum Gasteiger partial charge on any atom is 0.323 e. The molecule has 3 rings (SSSR count). The molecule has 128 valence electrons. The maximum absolute atomic E-state index is 12.1. The average molecular weight is 328 g/mol. The molecule has 0 radical (unpaired) electrons. The van der Waals surface area contributed by atoms with Gasteiger partial charge in [0.15, 0.2) is 0 Å². The molecular weight excluding hydrogens is 304 g/mol. The van der Waals surface area contributed by atoms with Crippen LogP contribution < -0.4 is 10.6 Å². The van der Waals surface area contributed by atoms with Gasteiger partial charge in [-0.25, -0.2) is 4.79 Å². The number of piperidine rings is 1. The molecule has 2 amide bonds. The Morgan fingerprint density at radius 2 is 2.12 bits per heavy atom. The quantitative estimate of drug-likeness (QED) is 0.905. The zero-order valence-corrected chi connectivity index (χ0v) is 14.2. The zero-order chi connectivity index (χ0) is 16.9. The second kappa shape index (κ2) is 7.49. The Labute approximate surface area is 142 Å². The summed E-state index contributed by atoms with van der Waals surface area (Å²) in [6, 6.07) is 10.5. The van der Waals surface area contributed by atoms with Crippen LogP contribution >= 0.6 is 0 Å². The van der Waals surface area contributed by atoms with Gasteiger partial charge in [-0.3, -0.25) is 10.2 Å². The van der Waals surface area contributed by atoms with Crippen molar-refractivity contribution < 1.29 is 9.21 Å².